The molecule has 0 bridgehead atoms. The summed E-state index contributed by atoms with van der Waals surface area (Å²) < 4.78 is 10.0. The molecule has 0 heterocycles. The fraction of sp³-hybridized carbons (Fsp3) is 0.474. The van der Waals surface area contributed by atoms with Crippen molar-refractivity contribution in [3.63, 3.8) is 0 Å². The van der Waals surface area contributed by atoms with Gasteiger partial charge >= 0.3 is 5.97 Å². The molecule has 0 aliphatic rings. The van der Waals surface area contributed by atoms with Crippen LogP contribution < -0.4 is 4.74 Å². The number of rotatable bonds is 9. The monoisotopic (exact) mass is 333 g/mol. The van der Waals surface area contributed by atoms with Gasteiger partial charge in [0.25, 0.3) is 0 Å². The second-order valence-corrected chi connectivity index (χ2v) is 5.84. The summed E-state index contributed by atoms with van der Waals surface area (Å²) in [6.45, 7) is 7.59. The van der Waals surface area contributed by atoms with E-state index in [2.05, 4.69) is 4.74 Å². The summed E-state index contributed by atoms with van der Waals surface area (Å²) >= 11 is 0. The first-order chi connectivity index (χ1) is 11.5. The molecule has 132 valence electrons. The number of carbonyl (C=O) groups excluding carboxylic acids is 2. The van der Waals surface area contributed by atoms with Gasteiger partial charge in [-0.1, -0.05) is 26.0 Å². The fourth-order valence-electron chi connectivity index (χ4n) is 2.18. The molecule has 0 saturated carbocycles. The molecule has 1 aromatic rings. The van der Waals surface area contributed by atoms with E-state index in [1.165, 1.54) is 13.2 Å². The van der Waals surface area contributed by atoms with Gasteiger partial charge in [0.05, 0.1) is 20.1 Å². The molecule has 0 spiro atoms. The zero-order valence-corrected chi connectivity index (χ0v) is 15.0. The van der Waals surface area contributed by atoms with Crippen LogP contribution in [0.25, 0.3) is 6.08 Å². The van der Waals surface area contributed by atoms with Gasteiger partial charge in [-0.3, -0.25) is 9.59 Å². The van der Waals surface area contributed by atoms with E-state index < -0.39 is 0 Å². The third-order valence-electron chi connectivity index (χ3n) is 3.32. The van der Waals surface area contributed by atoms with Crippen LogP contribution in [0.5, 0.6) is 5.75 Å². The van der Waals surface area contributed by atoms with E-state index in [0.717, 1.165) is 11.3 Å². The van der Waals surface area contributed by atoms with Crippen LogP contribution in [0.1, 0.15) is 32.8 Å². The Hall–Kier alpha value is -2.30. The Morgan fingerprint density at radius 3 is 2.42 bits per heavy atom. The Bertz CT molecular complexity index is 549. The van der Waals surface area contributed by atoms with Gasteiger partial charge in [-0.2, -0.15) is 0 Å². The maximum absolute atomic E-state index is 12.4. The molecule has 0 saturated heterocycles. The number of hydrogen-bond donors (Lipinski definition) is 0. The van der Waals surface area contributed by atoms with Gasteiger partial charge in [-0.15, -0.1) is 0 Å². The molecule has 0 aromatic heterocycles. The molecular formula is C19H27NO4. The zero-order valence-electron chi connectivity index (χ0n) is 15.0. The average molecular weight is 333 g/mol. The van der Waals surface area contributed by atoms with Gasteiger partial charge < -0.3 is 14.4 Å². The number of esters is 1. The number of amides is 1. The highest BCUT2D eigenvalue weighted by Gasteiger charge is 2.14. The van der Waals surface area contributed by atoms with E-state index in [-0.39, 0.29) is 18.3 Å². The SMILES string of the molecule is CCOc1ccc(/C=C/C(=O)N(CCC(=O)OC)CC(C)C)cc1. The molecule has 1 amide bonds. The normalized spacial score (nSPS) is 10.9. The predicted octanol–water partition coefficient (Wildman–Crippen LogP) is 3.15. The first-order valence-electron chi connectivity index (χ1n) is 8.23. The van der Waals surface area contributed by atoms with E-state index >= 15 is 0 Å². The van der Waals surface area contributed by atoms with Crippen molar-refractivity contribution in [1.29, 1.82) is 0 Å². The molecule has 5 nitrogen and oxygen atoms in total. The highest BCUT2D eigenvalue weighted by atomic mass is 16.5. The summed E-state index contributed by atoms with van der Waals surface area (Å²) in [6.07, 6.45) is 3.50. The molecule has 0 radical (unpaired) electrons. The minimum absolute atomic E-state index is 0.110. The van der Waals surface area contributed by atoms with Crippen LogP contribution in [0, 0.1) is 5.92 Å². The Balaban J connectivity index is 2.69. The standard InChI is InChI=1S/C19H27NO4/c1-5-24-17-9-6-16(7-10-17)8-11-18(21)20(14-15(2)3)13-12-19(22)23-4/h6-11,15H,5,12-14H2,1-4H3/b11-8+. The van der Waals surface area contributed by atoms with Crippen LogP contribution in [0.2, 0.25) is 0 Å². The zero-order chi connectivity index (χ0) is 17.9. The van der Waals surface area contributed by atoms with Crippen molar-refractivity contribution in [3.8, 4) is 5.75 Å². The largest absolute Gasteiger partial charge is 0.494 e. The molecule has 0 aliphatic carbocycles. The second kappa shape index (κ2) is 10.5. The maximum atomic E-state index is 12.4. The van der Waals surface area contributed by atoms with Gasteiger partial charge in [-0.25, -0.2) is 0 Å². The van der Waals surface area contributed by atoms with E-state index in [9.17, 15) is 9.59 Å². The van der Waals surface area contributed by atoms with Crippen molar-refractivity contribution in [2.75, 3.05) is 26.8 Å². The van der Waals surface area contributed by atoms with Gasteiger partial charge in [0.15, 0.2) is 0 Å². The van der Waals surface area contributed by atoms with Gasteiger partial charge in [0.1, 0.15) is 5.75 Å². The summed E-state index contributed by atoms with van der Waals surface area (Å²) in [7, 11) is 1.35. The quantitative estimate of drug-likeness (QED) is 0.514. The smallest absolute Gasteiger partial charge is 0.307 e. The van der Waals surface area contributed by atoms with Crippen molar-refractivity contribution in [1.82, 2.24) is 4.90 Å². The second-order valence-electron chi connectivity index (χ2n) is 5.84. The van der Waals surface area contributed by atoms with Crippen molar-refractivity contribution < 1.29 is 19.1 Å². The van der Waals surface area contributed by atoms with Crippen LogP contribution in [-0.2, 0) is 14.3 Å². The number of nitrogens with zero attached hydrogens (tertiary/aromatic N) is 1. The third-order valence-corrected chi connectivity index (χ3v) is 3.32. The van der Waals surface area contributed by atoms with Crippen LogP contribution >= 0.6 is 0 Å². The van der Waals surface area contributed by atoms with Crippen LogP contribution in [0.15, 0.2) is 30.3 Å². The topological polar surface area (TPSA) is 55.8 Å². The van der Waals surface area contributed by atoms with Crippen molar-refractivity contribution in [2.24, 2.45) is 5.92 Å². The number of benzene rings is 1. The lowest BCUT2D eigenvalue weighted by atomic mass is 10.1. The van der Waals surface area contributed by atoms with Gasteiger partial charge in [-0.05, 0) is 36.6 Å². The molecule has 24 heavy (non-hydrogen) atoms. The lowest BCUT2D eigenvalue weighted by Crippen LogP contribution is -2.34. The Morgan fingerprint density at radius 1 is 1.21 bits per heavy atom. The summed E-state index contributed by atoms with van der Waals surface area (Å²) in [4.78, 5) is 25.4. The molecule has 5 heteroatoms. The molecule has 0 aliphatic heterocycles. The lowest BCUT2D eigenvalue weighted by molar-refractivity contribution is -0.141. The maximum Gasteiger partial charge on any atom is 0.307 e. The first kappa shape index (κ1) is 19.7. The van der Waals surface area contributed by atoms with Crippen molar-refractivity contribution in [2.45, 2.75) is 27.2 Å². The van der Waals surface area contributed by atoms with E-state index in [0.29, 0.717) is 25.6 Å². The van der Waals surface area contributed by atoms with E-state index in [4.69, 9.17) is 4.74 Å². The average Bonchev–Trinajstić information content (AvgIpc) is 2.57. The summed E-state index contributed by atoms with van der Waals surface area (Å²) in [5, 5.41) is 0. The van der Waals surface area contributed by atoms with Crippen LogP contribution in [-0.4, -0.2) is 43.6 Å². The van der Waals surface area contributed by atoms with Crippen LogP contribution in [0.3, 0.4) is 0 Å². The van der Waals surface area contributed by atoms with Gasteiger partial charge in [0.2, 0.25) is 5.91 Å². The number of methoxy groups -OCH3 is 1. The first-order valence-corrected chi connectivity index (χ1v) is 8.23. The molecule has 0 N–H and O–H groups in total. The molecule has 0 unspecified atom stereocenters. The molecular weight excluding hydrogens is 306 g/mol. The Morgan fingerprint density at radius 2 is 1.88 bits per heavy atom. The summed E-state index contributed by atoms with van der Waals surface area (Å²) in [5.41, 5.74) is 0.921. The van der Waals surface area contributed by atoms with Crippen molar-refractivity contribution >= 4 is 18.0 Å². The summed E-state index contributed by atoms with van der Waals surface area (Å²) in [6, 6.07) is 7.54. The lowest BCUT2D eigenvalue weighted by Gasteiger charge is -2.22. The minimum Gasteiger partial charge on any atom is -0.494 e. The highest BCUT2D eigenvalue weighted by molar-refractivity contribution is 5.92. The highest BCUT2D eigenvalue weighted by Crippen LogP contribution is 2.13. The van der Waals surface area contributed by atoms with Crippen LogP contribution in [0.4, 0.5) is 0 Å². The number of carbonyl (C=O) groups is 2. The van der Waals surface area contributed by atoms with E-state index in [1.54, 1.807) is 11.0 Å². The molecule has 1 aromatic carbocycles. The molecule has 0 atom stereocenters. The minimum atomic E-state index is -0.313. The summed E-state index contributed by atoms with van der Waals surface area (Å²) in [5.74, 6) is 0.708. The Kier molecular flexibility index (Phi) is 8.61. The van der Waals surface area contributed by atoms with Crippen molar-refractivity contribution in [3.05, 3.63) is 35.9 Å². The molecule has 1 rings (SSSR count). The number of ether oxygens (including phenoxy) is 2. The fourth-order valence-corrected chi connectivity index (χ4v) is 2.18. The van der Waals surface area contributed by atoms with E-state index in [1.807, 2.05) is 45.0 Å². The Labute approximate surface area is 144 Å². The third kappa shape index (κ3) is 7.31. The molecule has 0 fully saturated rings. The number of hydrogen-bond acceptors (Lipinski definition) is 4. The van der Waals surface area contributed by atoms with Gasteiger partial charge in [0, 0.05) is 19.2 Å². The predicted molar refractivity (Wildman–Crippen MR) is 94.7 cm³/mol.